The fourth-order valence-corrected chi connectivity index (χ4v) is 3.46. The van der Waals surface area contributed by atoms with Crippen molar-refractivity contribution in [3.63, 3.8) is 0 Å². The van der Waals surface area contributed by atoms with Gasteiger partial charge in [0.2, 0.25) is 23.6 Å². The monoisotopic (exact) mass is 524 g/mol. The van der Waals surface area contributed by atoms with Gasteiger partial charge in [0.15, 0.2) is 0 Å². The van der Waals surface area contributed by atoms with E-state index < -0.39 is 48.1 Å². The number of carboxylic acid groups (broad SMARTS) is 1. The molecule has 0 aliphatic carbocycles. The second-order valence-corrected chi connectivity index (χ2v) is 8.40. The number of nitrogens with one attached hydrogen (secondary N) is 5. The van der Waals surface area contributed by atoms with E-state index >= 15 is 0 Å². The molecule has 0 saturated carbocycles. The molecule has 0 bridgehead atoms. The predicted octanol–water partition coefficient (Wildman–Crippen LogP) is 0.512. The third-order valence-electron chi connectivity index (χ3n) is 5.36. The van der Waals surface area contributed by atoms with Gasteiger partial charge in [0.1, 0.15) is 17.9 Å². The number of carboxylic acids is 1. The van der Waals surface area contributed by atoms with Crippen molar-refractivity contribution in [2.45, 2.75) is 44.7 Å². The molecule has 2 atom stereocenters. The van der Waals surface area contributed by atoms with Crippen molar-refractivity contribution >= 4 is 41.1 Å². The van der Waals surface area contributed by atoms with Crippen molar-refractivity contribution in [1.29, 1.82) is 5.41 Å². The van der Waals surface area contributed by atoms with Crippen LogP contribution in [0.5, 0.6) is 0 Å². The highest BCUT2D eigenvalue weighted by atomic mass is 16.4. The average molecular weight is 525 g/mol. The highest BCUT2D eigenvalue weighted by Crippen LogP contribution is 2.10. The lowest BCUT2D eigenvalue weighted by Crippen LogP contribution is -2.55. The number of benzene rings is 2. The Labute approximate surface area is 219 Å². The quantitative estimate of drug-likeness (QED) is 0.138. The molecule has 2 aromatic carbocycles. The summed E-state index contributed by atoms with van der Waals surface area (Å²) in [5, 5.41) is 26.7. The molecule has 0 aromatic heterocycles. The van der Waals surface area contributed by atoms with E-state index in [0.29, 0.717) is 17.8 Å². The Bertz CT molecular complexity index is 1150. The van der Waals surface area contributed by atoms with Crippen molar-refractivity contribution in [3.8, 4) is 0 Å². The number of rotatable bonds is 14. The van der Waals surface area contributed by atoms with Crippen molar-refractivity contribution in [2.24, 2.45) is 5.73 Å². The lowest BCUT2D eigenvalue weighted by Gasteiger charge is -2.22. The van der Waals surface area contributed by atoms with Crippen LogP contribution < -0.4 is 27.0 Å². The number of anilines is 1. The van der Waals surface area contributed by atoms with Crippen LogP contribution in [-0.2, 0) is 30.4 Å². The zero-order chi connectivity index (χ0) is 28.1. The minimum Gasteiger partial charge on any atom is -0.481 e. The summed E-state index contributed by atoms with van der Waals surface area (Å²) in [5.41, 5.74) is 7.11. The van der Waals surface area contributed by atoms with Crippen molar-refractivity contribution < 1.29 is 29.1 Å². The number of amidine groups is 1. The fourth-order valence-electron chi connectivity index (χ4n) is 3.46. The summed E-state index contributed by atoms with van der Waals surface area (Å²) in [4.78, 5) is 61.5. The Morgan fingerprint density at radius 3 is 2.08 bits per heavy atom. The van der Waals surface area contributed by atoms with E-state index in [1.54, 1.807) is 55.5 Å². The Morgan fingerprint density at radius 2 is 1.50 bits per heavy atom. The standard InChI is InChI=1S/C26H32N6O6/c1-2-29-25(37)19(14-16-6-4-3-5-7-16)32-26(38)20(15-23(35)36)31-22(34)13-12-21(33)30-18-10-8-17(9-11-18)24(27)28/h3-11,19-20H,2,12-15H2,1H3,(H3,27,28)(H,29,37)(H,30,33)(H,31,34)(H,32,38)(H,35,36)/t19-,20-/m0/s1. The Hall–Kier alpha value is -4.74. The van der Waals surface area contributed by atoms with Gasteiger partial charge in [-0.25, -0.2) is 0 Å². The van der Waals surface area contributed by atoms with Crippen LogP contribution in [0.4, 0.5) is 5.69 Å². The van der Waals surface area contributed by atoms with E-state index in [0.717, 1.165) is 5.56 Å². The largest absolute Gasteiger partial charge is 0.481 e. The first-order chi connectivity index (χ1) is 18.1. The molecule has 12 nitrogen and oxygen atoms in total. The lowest BCUT2D eigenvalue weighted by atomic mass is 10.0. The molecule has 0 aliphatic heterocycles. The summed E-state index contributed by atoms with van der Waals surface area (Å²) in [5.74, 6) is -3.90. The molecule has 8 N–H and O–H groups in total. The van der Waals surface area contributed by atoms with Gasteiger partial charge in [-0.05, 0) is 36.8 Å². The first-order valence-electron chi connectivity index (χ1n) is 12.0. The number of carbonyl (C=O) groups is 5. The van der Waals surface area contributed by atoms with Crippen LogP contribution in [0, 0.1) is 5.41 Å². The summed E-state index contributed by atoms with van der Waals surface area (Å²) >= 11 is 0. The lowest BCUT2D eigenvalue weighted by molar-refractivity contribution is -0.141. The van der Waals surface area contributed by atoms with Gasteiger partial charge >= 0.3 is 5.97 Å². The Balaban J connectivity index is 1.98. The number of hydrogen-bond donors (Lipinski definition) is 7. The maximum absolute atomic E-state index is 12.9. The molecule has 4 amide bonds. The van der Waals surface area contributed by atoms with Crippen molar-refractivity contribution in [1.82, 2.24) is 16.0 Å². The maximum Gasteiger partial charge on any atom is 0.305 e. The van der Waals surface area contributed by atoms with Crippen molar-refractivity contribution in [2.75, 3.05) is 11.9 Å². The third-order valence-corrected chi connectivity index (χ3v) is 5.36. The molecule has 0 aliphatic rings. The number of amides is 4. The molecule has 38 heavy (non-hydrogen) atoms. The van der Waals surface area contributed by atoms with Crippen LogP contribution in [0.2, 0.25) is 0 Å². The molecular formula is C26H32N6O6. The number of carbonyl (C=O) groups excluding carboxylic acids is 4. The van der Waals surface area contributed by atoms with E-state index in [9.17, 15) is 29.1 Å². The molecule has 0 spiro atoms. The molecule has 0 heterocycles. The maximum atomic E-state index is 12.9. The second-order valence-electron chi connectivity index (χ2n) is 8.40. The Kier molecular flexibility index (Phi) is 11.4. The third kappa shape index (κ3) is 10.1. The molecule has 0 saturated heterocycles. The number of hydrogen-bond acceptors (Lipinski definition) is 6. The smallest absolute Gasteiger partial charge is 0.305 e. The van der Waals surface area contributed by atoms with Crippen LogP contribution in [-0.4, -0.2) is 59.2 Å². The first kappa shape index (κ1) is 29.5. The van der Waals surface area contributed by atoms with Gasteiger partial charge in [-0.2, -0.15) is 0 Å². The summed E-state index contributed by atoms with van der Waals surface area (Å²) in [6.07, 6.45) is -1.07. The van der Waals surface area contributed by atoms with E-state index in [-0.39, 0.29) is 25.1 Å². The topological polar surface area (TPSA) is 204 Å². The van der Waals surface area contributed by atoms with Gasteiger partial charge in [-0.3, -0.25) is 29.4 Å². The number of aliphatic carboxylic acids is 1. The van der Waals surface area contributed by atoms with Gasteiger partial charge in [-0.15, -0.1) is 0 Å². The number of nitrogens with two attached hydrogens (primary N) is 1. The fraction of sp³-hybridized carbons (Fsp3) is 0.308. The van der Waals surface area contributed by atoms with E-state index in [4.69, 9.17) is 11.1 Å². The Morgan fingerprint density at radius 1 is 0.868 bits per heavy atom. The second kappa shape index (κ2) is 14.7. The van der Waals surface area contributed by atoms with Gasteiger partial charge < -0.3 is 32.1 Å². The molecule has 202 valence electrons. The predicted molar refractivity (Wildman–Crippen MR) is 140 cm³/mol. The van der Waals surface area contributed by atoms with E-state index in [2.05, 4.69) is 21.3 Å². The zero-order valence-electron chi connectivity index (χ0n) is 21.0. The minimum absolute atomic E-state index is 0.114. The molecule has 0 radical (unpaired) electrons. The average Bonchev–Trinajstić information content (AvgIpc) is 2.87. The van der Waals surface area contributed by atoms with Crippen LogP contribution in [0.15, 0.2) is 54.6 Å². The highest BCUT2D eigenvalue weighted by molar-refractivity contribution is 5.97. The molecule has 2 rings (SSSR count). The highest BCUT2D eigenvalue weighted by Gasteiger charge is 2.28. The van der Waals surface area contributed by atoms with Crippen LogP contribution in [0.1, 0.15) is 37.3 Å². The molecule has 2 aromatic rings. The van der Waals surface area contributed by atoms with Crippen LogP contribution >= 0.6 is 0 Å². The van der Waals surface area contributed by atoms with Gasteiger partial charge in [-0.1, -0.05) is 30.3 Å². The summed E-state index contributed by atoms with van der Waals surface area (Å²) < 4.78 is 0. The van der Waals surface area contributed by atoms with Crippen LogP contribution in [0.25, 0.3) is 0 Å². The van der Waals surface area contributed by atoms with Crippen LogP contribution in [0.3, 0.4) is 0 Å². The first-order valence-corrected chi connectivity index (χ1v) is 12.0. The summed E-state index contributed by atoms with van der Waals surface area (Å²) in [7, 11) is 0. The number of likely N-dealkylation sites (N-methyl/N-ethyl adjacent to an activating group) is 1. The molecule has 0 fully saturated rings. The summed E-state index contributed by atoms with van der Waals surface area (Å²) in [6, 6.07) is 12.8. The SMILES string of the molecule is CCNC(=O)[C@H](Cc1ccccc1)NC(=O)[C@H](CC(=O)O)NC(=O)CCC(=O)Nc1ccc(C(=N)N)cc1. The molecule has 12 heteroatoms. The number of nitrogen functional groups attached to an aromatic ring is 1. The minimum atomic E-state index is -1.45. The summed E-state index contributed by atoms with van der Waals surface area (Å²) in [6.45, 7) is 2.06. The van der Waals surface area contributed by atoms with Crippen molar-refractivity contribution in [3.05, 3.63) is 65.7 Å². The van der Waals surface area contributed by atoms with E-state index in [1.807, 2.05) is 6.07 Å². The van der Waals surface area contributed by atoms with E-state index in [1.165, 1.54) is 0 Å². The van der Waals surface area contributed by atoms with Gasteiger partial charge in [0.05, 0.1) is 6.42 Å². The molecular weight excluding hydrogens is 492 g/mol. The normalized spacial score (nSPS) is 11.9. The zero-order valence-corrected chi connectivity index (χ0v) is 21.0. The molecule has 0 unspecified atom stereocenters. The van der Waals surface area contributed by atoms with Gasteiger partial charge in [0, 0.05) is 37.1 Å². The van der Waals surface area contributed by atoms with Gasteiger partial charge in [0.25, 0.3) is 0 Å².